The maximum absolute atomic E-state index is 11.2. The largest absolute Gasteiger partial charge is 0.378 e. The van der Waals surface area contributed by atoms with E-state index in [1.165, 1.54) is 0 Å². The van der Waals surface area contributed by atoms with Crippen LogP contribution in [0.1, 0.15) is 13.3 Å². The Kier molecular flexibility index (Phi) is 8.27. The van der Waals surface area contributed by atoms with Crippen LogP contribution in [-0.2, 0) is 9.53 Å². The molecule has 0 rings (SSSR count). The van der Waals surface area contributed by atoms with Gasteiger partial charge in [-0.3, -0.25) is 4.79 Å². The Morgan fingerprint density at radius 3 is 2.67 bits per heavy atom. The Labute approximate surface area is 91.9 Å². The van der Waals surface area contributed by atoms with Gasteiger partial charge in [0.15, 0.2) is 0 Å². The predicted molar refractivity (Wildman–Crippen MR) is 60.6 cm³/mol. The topological polar surface area (TPSA) is 67.6 Å². The number of carbonyl (C=O) groups is 1. The van der Waals surface area contributed by atoms with Crippen molar-refractivity contribution in [2.75, 3.05) is 40.4 Å². The number of nitrogens with zero attached hydrogens (tertiary/aromatic N) is 1. The first kappa shape index (κ1) is 14.3. The van der Waals surface area contributed by atoms with Gasteiger partial charge in [-0.05, 0) is 20.5 Å². The summed E-state index contributed by atoms with van der Waals surface area (Å²) in [5, 5.41) is 2.72. The van der Waals surface area contributed by atoms with Gasteiger partial charge in [0.05, 0.1) is 19.3 Å². The molecule has 0 radical (unpaired) electrons. The monoisotopic (exact) mass is 217 g/mol. The fourth-order valence-corrected chi connectivity index (χ4v) is 0.912. The van der Waals surface area contributed by atoms with Crippen LogP contribution in [0.5, 0.6) is 0 Å². The van der Waals surface area contributed by atoms with Crippen molar-refractivity contribution in [3.63, 3.8) is 0 Å². The van der Waals surface area contributed by atoms with Gasteiger partial charge in [-0.1, -0.05) is 6.92 Å². The van der Waals surface area contributed by atoms with Crippen molar-refractivity contribution < 1.29 is 9.53 Å². The van der Waals surface area contributed by atoms with E-state index in [1.54, 1.807) is 0 Å². The van der Waals surface area contributed by atoms with Crippen molar-refractivity contribution in [2.24, 2.45) is 5.73 Å². The minimum absolute atomic E-state index is 0.103. The van der Waals surface area contributed by atoms with E-state index in [0.29, 0.717) is 26.2 Å². The average Bonchev–Trinajstić information content (AvgIpc) is 2.21. The molecular weight excluding hydrogens is 194 g/mol. The summed E-state index contributed by atoms with van der Waals surface area (Å²) in [6.07, 6.45) is 0.660. The van der Waals surface area contributed by atoms with Crippen LogP contribution in [0.25, 0.3) is 0 Å². The van der Waals surface area contributed by atoms with E-state index >= 15 is 0 Å². The number of rotatable bonds is 8. The van der Waals surface area contributed by atoms with Crippen LogP contribution in [0.15, 0.2) is 0 Å². The van der Waals surface area contributed by atoms with Crippen molar-refractivity contribution in [3.8, 4) is 0 Å². The molecule has 90 valence electrons. The number of nitrogens with two attached hydrogens (primary N) is 1. The highest BCUT2D eigenvalue weighted by atomic mass is 16.5. The Morgan fingerprint density at radius 1 is 1.47 bits per heavy atom. The number of hydrogen-bond acceptors (Lipinski definition) is 4. The highest BCUT2D eigenvalue weighted by molar-refractivity contribution is 5.81. The number of amides is 1. The molecule has 0 fully saturated rings. The molecule has 5 heteroatoms. The van der Waals surface area contributed by atoms with E-state index in [4.69, 9.17) is 10.5 Å². The minimum Gasteiger partial charge on any atom is -0.378 e. The number of ether oxygens (including phenoxy) is 1. The smallest absolute Gasteiger partial charge is 0.236 e. The summed E-state index contributed by atoms with van der Waals surface area (Å²) in [7, 11) is 3.98. The van der Waals surface area contributed by atoms with E-state index in [9.17, 15) is 4.79 Å². The molecule has 3 N–H and O–H groups in total. The van der Waals surface area contributed by atoms with Gasteiger partial charge in [0, 0.05) is 13.1 Å². The van der Waals surface area contributed by atoms with Crippen LogP contribution in [-0.4, -0.2) is 57.2 Å². The van der Waals surface area contributed by atoms with Gasteiger partial charge in [0.1, 0.15) is 0 Å². The van der Waals surface area contributed by atoms with Crippen LogP contribution in [0.3, 0.4) is 0 Å². The zero-order chi connectivity index (χ0) is 11.7. The van der Waals surface area contributed by atoms with Crippen molar-refractivity contribution in [1.29, 1.82) is 0 Å². The Morgan fingerprint density at radius 2 is 2.13 bits per heavy atom. The molecule has 0 aliphatic carbocycles. The van der Waals surface area contributed by atoms with Crippen molar-refractivity contribution in [3.05, 3.63) is 0 Å². The summed E-state index contributed by atoms with van der Waals surface area (Å²) < 4.78 is 5.31. The van der Waals surface area contributed by atoms with Crippen LogP contribution in [0.2, 0.25) is 0 Å². The normalized spacial score (nSPS) is 12.9. The quantitative estimate of drug-likeness (QED) is 0.534. The molecule has 0 saturated heterocycles. The summed E-state index contributed by atoms with van der Waals surface area (Å²) in [6, 6.07) is -0.397. The Hall–Kier alpha value is -0.650. The Bertz CT molecular complexity index is 174. The van der Waals surface area contributed by atoms with Crippen LogP contribution >= 0.6 is 0 Å². The molecule has 15 heavy (non-hydrogen) atoms. The maximum atomic E-state index is 11.2. The van der Waals surface area contributed by atoms with E-state index in [0.717, 1.165) is 6.54 Å². The van der Waals surface area contributed by atoms with Crippen LogP contribution in [0, 0.1) is 0 Å². The fourth-order valence-electron chi connectivity index (χ4n) is 0.912. The summed E-state index contributed by atoms with van der Waals surface area (Å²) in [5.74, 6) is -0.103. The minimum atomic E-state index is -0.397. The molecule has 0 aliphatic heterocycles. The van der Waals surface area contributed by atoms with Crippen LogP contribution in [0.4, 0.5) is 0 Å². The second-order valence-electron chi connectivity index (χ2n) is 3.72. The maximum Gasteiger partial charge on any atom is 0.236 e. The fraction of sp³-hybridized carbons (Fsp3) is 0.900. The Balaban J connectivity index is 3.27. The van der Waals surface area contributed by atoms with Gasteiger partial charge in [0.2, 0.25) is 5.91 Å². The van der Waals surface area contributed by atoms with Crippen molar-refractivity contribution >= 4 is 5.91 Å². The number of carbonyl (C=O) groups excluding carboxylic acids is 1. The molecule has 0 aromatic heterocycles. The first-order chi connectivity index (χ1) is 7.07. The van der Waals surface area contributed by atoms with Crippen LogP contribution < -0.4 is 11.1 Å². The molecule has 0 aliphatic rings. The molecule has 0 aromatic rings. The molecule has 0 saturated carbocycles. The zero-order valence-corrected chi connectivity index (χ0v) is 9.95. The summed E-state index contributed by atoms with van der Waals surface area (Å²) in [4.78, 5) is 13.3. The number of nitrogens with one attached hydrogen (secondary N) is 1. The molecule has 5 nitrogen and oxygen atoms in total. The second-order valence-corrected chi connectivity index (χ2v) is 3.72. The molecular formula is C10H23N3O2. The highest BCUT2D eigenvalue weighted by Crippen LogP contribution is 1.85. The van der Waals surface area contributed by atoms with E-state index in [1.807, 2.05) is 25.9 Å². The third-order valence-electron chi connectivity index (χ3n) is 2.01. The summed E-state index contributed by atoms with van der Waals surface area (Å²) in [6.45, 7) is 4.53. The molecule has 1 amide bonds. The molecule has 1 atom stereocenters. The lowest BCUT2D eigenvalue weighted by Crippen LogP contribution is -2.41. The SMILES string of the molecule is CC[C@H](N)C(=O)NCCOCCN(C)C. The average molecular weight is 217 g/mol. The lowest BCUT2D eigenvalue weighted by Gasteiger charge is -2.11. The summed E-state index contributed by atoms with van der Waals surface area (Å²) in [5.41, 5.74) is 5.54. The van der Waals surface area contributed by atoms with E-state index < -0.39 is 6.04 Å². The van der Waals surface area contributed by atoms with Gasteiger partial charge < -0.3 is 20.7 Å². The van der Waals surface area contributed by atoms with Gasteiger partial charge in [-0.2, -0.15) is 0 Å². The van der Waals surface area contributed by atoms with Gasteiger partial charge >= 0.3 is 0 Å². The predicted octanol–water partition coefficient (Wildman–Crippen LogP) is -0.582. The van der Waals surface area contributed by atoms with Gasteiger partial charge in [0.25, 0.3) is 0 Å². The third kappa shape index (κ3) is 8.35. The molecule has 0 aromatic carbocycles. The first-order valence-corrected chi connectivity index (χ1v) is 5.33. The molecule has 0 bridgehead atoms. The highest BCUT2D eigenvalue weighted by Gasteiger charge is 2.08. The summed E-state index contributed by atoms with van der Waals surface area (Å²) >= 11 is 0. The zero-order valence-electron chi connectivity index (χ0n) is 9.95. The van der Waals surface area contributed by atoms with Gasteiger partial charge in [-0.25, -0.2) is 0 Å². The third-order valence-corrected chi connectivity index (χ3v) is 2.01. The van der Waals surface area contributed by atoms with E-state index in [2.05, 4.69) is 5.32 Å². The standard InChI is InChI=1S/C10H23N3O2/c1-4-9(11)10(14)12-5-7-15-8-6-13(2)3/h9H,4-8,11H2,1-3H3,(H,12,14)/t9-/m0/s1. The number of likely N-dealkylation sites (N-methyl/N-ethyl adjacent to an activating group) is 1. The molecule has 0 heterocycles. The molecule has 0 spiro atoms. The lowest BCUT2D eigenvalue weighted by atomic mass is 10.2. The first-order valence-electron chi connectivity index (χ1n) is 5.33. The lowest BCUT2D eigenvalue weighted by molar-refractivity contribution is -0.122. The molecule has 0 unspecified atom stereocenters. The second kappa shape index (κ2) is 8.64. The van der Waals surface area contributed by atoms with Gasteiger partial charge in [-0.15, -0.1) is 0 Å². The van der Waals surface area contributed by atoms with Crippen molar-refractivity contribution in [2.45, 2.75) is 19.4 Å². The number of hydrogen-bond donors (Lipinski definition) is 2. The van der Waals surface area contributed by atoms with Crippen molar-refractivity contribution in [1.82, 2.24) is 10.2 Å². The van der Waals surface area contributed by atoms with E-state index in [-0.39, 0.29) is 5.91 Å².